The number of anilines is 2. The van der Waals surface area contributed by atoms with Crippen molar-refractivity contribution in [2.45, 2.75) is 52.9 Å². The van der Waals surface area contributed by atoms with Gasteiger partial charge in [-0.15, -0.1) is 11.3 Å². The van der Waals surface area contributed by atoms with Gasteiger partial charge in [0.25, 0.3) is 0 Å². The third-order valence-electron chi connectivity index (χ3n) is 7.23. The fourth-order valence-electron chi connectivity index (χ4n) is 4.48. The molecule has 0 fully saturated rings. The van der Waals surface area contributed by atoms with Gasteiger partial charge in [-0.3, -0.25) is 4.79 Å². The molecule has 0 aliphatic carbocycles. The fourth-order valence-corrected chi connectivity index (χ4v) is 5.71. The predicted octanol–water partition coefficient (Wildman–Crippen LogP) is 7.92. The average Bonchev–Trinajstić information content (AvgIpc) is 3.36. The summed E-state index contributed by atoms with van der Waals surface area (Å²) in [6.07, 6.45) is 0.139. The molecule has 216 valence electrons. The lowest BCUT2D eigenvalue weighted by Crippen LogP contribution is -2.44. The second-order valence-corrected chi connectivity index (χ2v) is 12.1. The first-order valence-electron chi connectivity index (χ1n) is 13.7. The molecule has 2 N–H and O–H groups in total. The largest absolute Gasteiger partial charge is 0.493 e. The maximum absolute atomic E-state index is 13.8. The number of methoxy groups -OCH3 is 2. The number of hydrogen-bond acceptors (Lipinski definition) is 7. The van der Waals surface area contributed by atoms with Gasteiger partial charge in [0.1, 0.15) is 0 Å². The van der Waals surface area contributed by atoms with Gasteiger partial charge in [-0.05, 0) is 71.7 Å². The molecule has 1 amide bonds. The van der Waals surface area contributed by atoms with Crippen LogP contribution in [0.15, 0.2) is 66.7 Å². The van der Waals surface area contributed by atoms with Crippen LogP contribution >= 0.6 is 11.3 Å². The van der Waals surface area contributed by atoms with E-state index in [1.54, 1.807) is 21.1 Å². The van der Waals surface area contributed by atoms with Crippen LogP contribution in [0.2, 0.25) is 0 Å². The lowest BCUT2D eigenvalue weighted by Gasteiger charge is -2.26. The number of carbonyl (C=O) groups is 2. The van der Waals surface area contributed by atoms with Crippen molar-refractivity contribution >= 4 is 44.7 Å². The molecule has 0 aliphatic rings. The quantitative estimate of drug-likeness (QED) is 0.140. The molecule has 1 heterocycles. The molecule has 0 bridgehead atoms. The van der Waals surface area contributed by atoms with Gasteiger partial charge >= 0.3 is 5.97 Å². The maximum Gasteiger partial charge on any atom is 0.347 e. The number of ether oxygens (including phenoxy) is 2. The van der Waals surface area contributed by atoms with Crippen molar-refractivity contribution in [3.63, 3.8) is 0 Å². The number of carbonyl (C=O) groups excluding carboxylic acids is 2. The first-order chi connectivity index (χ1) is 19.5. The molecular formula is C33H38N2O5S. The Morgan fingerprint density at radius 3 is 1.88 bits per heavy atom. The van der Waals surface area contributed by atoms with Crippen LogP contribution in [0, 0.1) is 5.41 Å². The number of thiophene rings is 1. The van der Waals surface area contributed by atoms with Crippen molar-refractivity contribution in [2.24, 2.45) is 5.41 Å². The third-order valence-corrected chi connectivity index (χ3v) is 8.32. The van der Waals surface area contributed by atoms with Crippen LogP contribution in [0.5, 0.6) is 11.5 Å². The van der Waals surface area contributed by atoms with E-state index in [9.17, 15) is 9.59 Å². The van der Waals surface area contributed by atoms with Gasteiger partial charge in [0.2, 0.25) is 5.91 Å². The number of amides is 1. The van der Waals surface area contributed by atoms with Gasteiger partial charge in [0, 0.05) is 27.8 Å². The molecule has 4 rings (SSSR count). The Balaban J connectivity index is 1.61. The van der Waals surface area contributed by atoms with Crippen LogP contribution in [0.25, 0.3) is 10.1 Å². The van der Waals surface area contributed by atoms with Crippen LogP contribution in [0.3, 0.4) is 0 Å². The van der Waals surface area contributed by atoms with E-state index < -0.39 is 17.3 Å². The van der Waals surface area contributed by atoms with E-state index in [-0.39, 0.29) is 6.42 Å². The Morgan fingerprint density at radius 1 is 0.805 bits per heavy atom. The summed E-state index contributed by atoms with van der Waals surface area (Å²) in [4.78, 5) is 33.8. The lowest BCUT2D eigenvalue weighted by molar-refractivity contribution is -0.155. The molecule has 7 nitrogen and oxygen atoms in total. The number of benzene rings is 3. The Morgan fingerprint density at radius 2 is 1.34 bits per heavy atom. The van der Waals surface area contributed by atoms with Crippen LogP contribution in [0.1, 0.15) is 62.5 Å². The Labute approximate surface area is 245 Å². The average molecular weight is 575 g/mol. The van der Waals surface area contributed by atoms with Crippen molar-refractivity contribution in [3.05, 3.63) is 82.7 Å². The zero-order chi connectivity index (χ0) is 29.7. The monoisotopic (exact) mass is 574 g/mol. The van der Waals surface area contributed by atoms with E-state index in [0.29, 0.717) is 34.7 Å². The number of nitrogens with one attached hydrogen (secondary N) is 2. The van der Waals surface area contributed by atoms with Gasteiger partial charge in [-0.2, -0.15) is 0 Å². The molecule has 1 aromatic heterocycles. The highest BCUT2D eigenvalue weighted by atomic mass is 32.1. The van der Waals surface area contributed by atoms with Gasteiger partial charge in [0.15, 0.2) is 16.9 Å². The van der Waals surface area contributed by atoms with E-state index in [2.05, 4.69) is 38.5 Å². The summed E-state index contributed by atoms with van der Waals surface area (Å²) in [7, 11) is 3.18. The summed E-state index contributed by atoms with van der Waals surface area (Å²) in [6.45, 7) is 10.1. The summed E-state index contributed by atoms with van der Waals surface area (Å²) in [5.74, 6) is 0.840. The van der Waals surface area contributed by atoms with Crippen molar-refractivity contribution < 1.29 is 23.9 Å². The minimum absolute atomic E-state index is 0.139. The van der Waals surface area contributed by atoms with E-state index in [0.717, 1.165) is 20.5 Å². The molecule has 4 aromatic rings. The molecule has 3 aromatic carbocycles. The van der Waals surface area contributed by atoms with E-state index >= 15 is 0 Å². The van der Waals surface area contributed by atoms with Crippen molar-refractivity contribution in [1.29, 1.82) is 0 Å². The van der Waals surface area contributed by atoms with E-state index in [4.69, 9.17) is 14.3 Å². The third kappa shape index (κ3) is 6.82. The zero-order valence-electron chi connectivity index (χ0n) is 24.7. The van der Waals surface area contributed by atoms with Crippen LogP contribution in [0.4, 0.5) is 11.4 Å². The smallest absolute Gasteiger partial charge is 0.347 e. The second kappa shape index (κ2) is 12.6. The predicted molar refractivity (Wildman–Crippen MR) is 166 cm³/mol. The molecule has 1 atom stereocenters. The highest BCUT2D eigenvalue weighted by Crippen LogP contribution is 2.39. The summed E-state index contributed by atoms with van der Waals surface area (Å²) in [5, 5.41) is 3.87. The zero-order valence-corrected chi connectivity index (χ0v) is 25.5. The second-order valence-electron chi connectivity index (χ2n) is 11.0. The topological polar surface area (TPSA) is 85.9 Å². The van der Waals surface area contributed by atoms with Crippen molar-refractivity contribution in [1.82, 2.24) is 0 Å². The van der Waals surface area contributed by atoms with E-state index in [1.807, 2.05) is 66.7 Å². The summed E-state index contributed by atoms with van der Waals surface area (Å²) >= 11 is 1.49. The molecule has 8 heteroatoms. The molecule has 0 aliphatic heterocycles. The van der Waals surface area contributed by atoms with Crippen LogP contribution in [-0.2, 0) is 20.8 Å². The summed E-state index contributed by atoms with van der Waals surface area (Å²) < 4.78 is 11.9. The molecule has 1 unspecified atom stereocenters. The molecular weight excluding hydrogens is 536 g/mol. The molecule has 0 radical (unpaired) electrons. The number of hydrogen-bond donors (Lipinski definition) is 2. The van der Waals surface area contributed by atoms with Gasteiger partial charge in [0.05, 0.1) is 19.9 Å². The molecule has 41 heavy (non-hydrogen) atoms. The first kappa shape index (κ1) is 29.9. The minimum atomic E-state index is -1.53. The number of rotatable bonds is 11. The fraction of sp³-hybridized carbons (Fsp3) is 0.333. The van der Waals surface area contributed by atoms with Crippen molar-refractivity contribution in [2.75, 3.05) is 25.0 Å². The SMILES string of the molecule is COc1cc2cc(CC(C)(C(=O)Nc3ccc(C(C)C)cc3)C(=O)ONc3ccc(C(C)C)cc3)sc2cc1OC. The van der Waals surface area contributed by atoms with Gasteiger partial charge < -0.3 is 19.6 Å². The standard InChI is InChI=1S/C33H38N2O5S/c1-20(2)22-8-12-25(13-9-22)34-31(36)33(5,32(37)40-35-26-14-10-23(11-15-26)21(3)4)19-27-16-24-17-28(38-6)29(39-7)18-30(24)41-27/h8-18,20-21,35H,19H2,1-7H3,(H,34,36). The van der Waals surface area contributed by atoms with Crippen molar-refractivity contribution in [3.8, 4) is 11.5 Å². The Kier molecular flexibility index (Phi) is 9.23. The summed E-state index contributed by atoms with van der Waals surface area (Å²) in [6, 6.07) is 21.1. The highest BCUT2D eigenvalue weighted by molar-refractivity contribution is 7.19. The normalized spacial score (nSPS) is 12.7. The maximum atomic E-state index is 13.8. The van der Waals surface area contributed by atoms with Crippen LogP contribution < -0.4 is 20.3 Å². The Hall–Kier alpha value is -4.04. The number of fused-ring (bicyclic) bond motifs is 1. The molecule has 0 saturated heterocycles. The van der Waals surface area contributed by atoms with Gasteiger partial charge in [-0.1, -0.05) is 52.0 Å². The minimum Gasteiger partial charge on any atom is -0.493 e. The summed E-state index contributed by atoms with van der Waals surface area (Å²) in [5.41, 5.74) is 4.78. The molecule has 0 saturated carbocycles. The van der Waals surface area contributed by atoms with Crippen LogP contribution in [-0.4, -0.2) is 26.1 Å². The Bertz CT molecular complexity index is 1470. The van der Waals surface area contributed by atoms with Gasteiger partial charge in [-0.25, -0.2) is 10.3 Å². The van der Waals surface area contributed by atoms with E-state index in [1.165, 1.54) is 16.9 Å². The molecule has 0 spiro atoms. The first-order valence-corrected chi connectivity index (χ1v) is 14.5. The highest BCUT2D eigenvalue weighted by Gasteiger charge is 2.44. The lowest BCUT2D eigenvalue weighted by atomic mass is 9.84.